The molecule has 4 aromatic rings. The first kappa shape index (κ1) is 25.8. The molecule has 2 aliphatic heterocycles. The molecule has 11 heteroatoms. The third kappa shape index (κ3) is 5.32. The number of nitrogen functional groups attached to an aromatic ring is 1. The summed E-state index contributed by atoms with van der Waals surface area (Å²) in [5, 5.41) is 7.96. The zero-order chi connectivity index (χ0) is 27.5. The second-order valence-electron chi connectivity index (χ2n) is 10.0. The minimum atomic E-state index is -0.798. The van der Waals surface area contributed by atoms with Gasteiger partial charge in [0.2, 0.25) is 0 Å². The topological polar surface area (TPSA) is 137 Å². The van der Waals surface area contributed by atoms with Crippen molar-refractivity contribution in [2.75, 3.05) is 24.3 Å². The van der Waals surface area contributed by atoms with Crippen LogP contribution in [-0.2, 0) is 33.8 Å². The maximum absolute atomic E-state index is 13.6. The van der Waals surface area contributed by atoms with E-state index >= 15 is 0 Å². The number of hydrogen-bond acceptors (Lipinski definition) is 8. The quantitative estimate of drug-likeness (QED) is 0.353. The number of pyridine rings is 2. The lowest BCUT2D eigenvalue weighted by Gasteiger charge is -2.26. The third-order valence-corrected chi connectivity index (χ3v) is 7.28. The molecule has 206 valence electrons. The number of carbonyl (C=O) groups is 2. The Morgan fingerprint density at radius 2 is 2.00 bits per heavy atom. The van der Waals surface area contributed by atoms with Gasteiger partial charge in [0, 0.05) is 25.5 Å². The van der Waals surface area contributed by atoms with Crippen molar-refractivity contribution in [2.45, 2.75) is 51.4 Å². The molecule has 1 aromatic carbocycles. The fourth-order valence-corrected chi connectivity index (χ4v) is 5.24. The molecule has 2 aliphatic rings. The van der Waals surface area contributed by atoms with Crippen molar-refractivity contribution in [3.8, 4) is 5.75 Å². The van der Waals surface area contributed by atoms with E-state index in [0.717, 1.165) is 49.0 Å². The maximum atomic E-state index is 13.6. The van der Waals surface area contributed by atoms with Crippen molar-refractivity contribution in [1.29, 1.82) is 0 Å². The van der Waals surface area contributed by atoms with E-state index in [1.165, 1.54) is 11.1 Å². The van der Waals surface area contributed by atoms with E-state index in [-0.39, 0.29) is 25.1 Å². The van der Waals surface area contributed by atoms with Crippen molar-refractivity contribution in [2.24, 2.45) is 0 Å². The molecule has 1 saturated heterocycles. The number of aromatic nitrogens is 4. The summed E-state index contributed by atoms with van der Waals surface area (Å²) < 4.78 is 13.4. The summed E-state index contributed by atoms with van der Waals surface area (Å²) in [5.74, 6) is -0.381. The Kier molecular flexibility index (Phi) is 7.28. The van der Waals surface area contributed by atoms with Crippen molar-refractivity contribution in [1.82, 2.24) is 24.6 Å². The predicted molar refractivity (Wildman–Crippen MR) is 148 cm³/mol. The number of amides is 2. The molecule has 2 amide bonds. The highest BCUT2D eigenvalue weighted by molar-refractivity contribution is 6.40. The van der Waals surface area contributed by atoms with Gasteiger partial charge in [-0.1, -0.05) is 18.2 Å². The molecule has 3 aromatic heterocycles. The Hall–Kier alpha value is -4.51. The van der Waals surface area contributed by atoms with Gasteiger partial charge in [0.1, 0.15) is 23.3 Å². The largest absolute Gasteiger partial charge is 0.493 e. The molecule has 11 nitrogen and oxygen atoms in total. The van der Waals surface area contributed by atoms with Crippen LogP contribution in [0.25, 0.3) is 10.9 Å². The number of rotatable bonds is 6. The lowest BCUT2D eigenvalue weighted by atomic mass is 9.99. The van der Waals surface area contributed by atoms with E-state index in [1.807, 2.05) is 36.4 Å². The van der Waals surface area contributed by atoms with Gasteiger partial charge in [-0.2, -0.15) is 5.10 Å². The lowest BCUT2D eigenvalue weighted by molar-refractivity contribution is -0.144. The minimum Gasteiger partial charge on any atom is -0.493 e. The highest BCUT2D eigenvalue weighted by atomic mass is 16.5. The van der Waals surface area contributed by atoms with Gasteiger partial charge in [0.05, 0.1) is 36.1 Å². The average molecular weight is 542 g/mol. The first-order valence-corrected chi connectivity index (χ1v) is 13.6. The van der Waals surface area contributed by atoms with Crippen LogP contribution >= 0.6 is 0 Å². The van der Waals surface area contributed by atoms with Crippen LogP contribution < -0.4 is 15.8 Å². The van der Waals surface area contributed by atoms with Gasteiger partial charge >= 0.3 is 11.8 Å². The smallest absolute Gasteiger partial charge is 0.314 e. The Bertz CT molecular complexity index is 1530. The van der Waals surface area contributed by atoms with E-state index in [4.69, 9.17) is 15.2 Å². The van der Waals surface area contributed by atoms with Gasteiger partial charge in [-0.3, -0.25) is 14.6 Å². The van der Waals surface area contributed by atoms with Crippen molar-refractivity contribution < 1.29 is 19.1 Å². The van der Waals surface area contributed by atoms with Crippen LogP contribution in [0.2, 0.25) is 0 Å². The predicted octanol–water partition coefficient (Wildman–Crippen LogP) is 3.60. The zero-order valence-corrected chi connectivity index (χ0v) is 22.1. The van der Waals surface area contributed by atoms with Crippen LogP contribution in [0.5, 0.6) is 5.75 Å². The highest BCUT2D eigenvalue weighted by Gasteiger charge is 2.27. The molecule has 0 radical (unpaired) electrons. The molecule has 1 atom stereocenters. The molecule has 6 rings (SSSR count). The Balaban J connectivity index is 1.27. The summed E-state index contributed by atoms with van der Waals surface area (Å²) in [6, 6.07) is 11.3. The van der Waals surface area contributed by atoms with Gasteiger partial charge in [-0.15, -0.1) is 0 Å². The Morgan fingerprint density at radius 1 is 1.07 bits per heavy atom. The summed E-state index contributed by atoms with van der Waals surface area (Å²) in [6.45, 7) is 1.73. The normalized spacial score (nSPS) is 16.6. The number of nitrogens with one attached hydrogen (secondary N) is 1. The van der Waals surface area contributed by atoms with Crippen LogP contribution in [-0.4, -0.2) is 49.7 Å². The molecule has 1 unspecified atom stereocenters. The monoisotopic (exact) mass is 541 g/mol. The second-order valence-corrected chi connectivity index (χ2v) is 10.0. The minimum absolute atomic E-state index is 0.167. The van der Waals surface area contributed by atoms with Crippen molar-refractivity contribution in [3.63, 3.8) is 0 Å². The fraction of sp³-hybridized carbons (Fsp3) is 0.345. The van der Waals surface area contributed by atoms with Crippen molar-refractivity contribution >= 4 is 34.2 Å². The van der Waals surface area contributed by atoms with Crippen LogP contribution in [0.3, 0.4) is 0 Å². The van der Waals surface area contributed by atoms with Gasteiger partial charge in [0.25, 0.3) is 0 Å². The van der Waals surface area contributed by atoms with Gasteiger partial charge in [0.15, 0.2) is 0 Å². The SMILES string of the molecule is Nc1ncc(NC(=O)C(=O)N(Cc2ccccn2)Cc2cccc3c2CCCO3)c2nn(C3CCCCO3)cc12. The van der Waals surface area contributed by atoms with Gasteiger partial charge in [-0.25, -0.2) is 9.67 Å². The maximum Gasteiger partial charge on any atom is 0.314 e. The van der Waals surface area contributed by atoms with E-state index < -0.39 is 11.8 Å². The first-order valence-electron chi connectivity index (χ1n) is 13.6. The Labute approximate surface area is 231 Å². The number of hydrogen-bond donors (Lipinski definition) is 2. The highest BCUT2D eigenvalue weighted by Crippen LogP contribution is 2.31. The zero-order valence-electron chi connectivity index (χ0n) is 22.1. The number of fused-ring (bicyclic) bond motifs is 2. The summed E-state index contributed by atoms with van der Waals surface area (Å²) in [6.07, 6.45) is 9.30. The molecule has 0 saturated carbocycles. The standard InChI is InChI=1S/C29H31N7O4/c30-27-22-18-36(25-11-2-4-13-40-25)34-26(22)23(15-32-27)33-28(37)29(38)35(17-20-8-1-3-12-31-20)16-19-7-5-10-24-21(19)9-6-14-39-24/h1,3,5,7-8,10,12,15,18,25H,2,4,6,9,11,13-14,16-17H2,(H2,30,32)(H,33,37). The molecule has 0 bridgehead atoms. The number of nitrogens with two attached hydrogens (primary N) is 1. The Morgan fingerprint density at radius 3 is 2.83 bits per heavy atom. The molecule has 0 aliphatic carbocycles. The molecular formula is C29H31N7O4. The number of carbonyl (C=O) groups excluding carboxylic acids is 2. The van der Waals surface area contributed by atoms with E-state index in [1.54, 1.807) is 17.1 Å². The molecule has 5 heterocycles. The van der Waals surface area contributed by atoms with Gasteiger partial charge < -0.3 is 25.4 Å². The summed E-state index contributed by atoms with van der Waals surface area (Å²) >= 11 is 0. The number of ether oxygens (including phenoxy) is 2. The molecule has 40 heavy (non-hydrogen) atoms. The van der Waals surface area contributed by atoms with E-state index in [0.29, 0.717) is 35.5 Å². The van der Waals surface area contributed by atoms with E-state index in [2.05, 4.69) is 20.4 Å². The van der Waals surface area contributed by atoms with E-state index in [9.17, 15) is 9.59 Å². The van der Waals surface area contributed by atoms with Gasteiger partial charge in [-0.05, 0) is 61.4 Å². The van der Waals surface area contributed by atoms with Crippen LogP contribution in [0.15, 0.2) is 55.0 Å². The molecule has 0 spiro atoms. The molecule has 1 fully saturated rings. The second kappa shape index (κ2) is 11.3. The number of anilines is 2. The summed E-state index contributed by atoms with van der Waals surface area (Å²) in [4.78, 5) is 37.1. The molecule has 3 N–H and O–H groups in total. The average Bonchev–Trinajstić information content (AvgIpc) is 3.46. The van der Waals surface area contributed by atoms with Crippen LogP contribution in [0.4, 0.5) is 11.5 Å². The molecular weight excluding hydrogens is 510 g/mol. The third-order valence-electron chi connectivity index (χ3n) is 7.28. The van der Waals surface area contributed by atoms with Crippen LogP contribution in [0.1, 0.15) is 48.7 Å². The number of benzene rings is 1. The summed E-state index contributed by atoms with van der Waals surface area (Å²) in [5.41, 5.74) is 9.56. The summed E-state index contributed by atoms with van der Waals surface area (Å²) in [7, 11) is 0. The fourth-order valence-electron chi connectivity index (χ4n) is 5.24. The van der Waals surface area contributed by atoms with Crippen molar-refractivity contribution in [3.05, 3.63) is 71.8 Å². The lowest BCUT2D eigenvalue weighted by Crippen LogP contribution is -2.39. The first-order chi connectivity index (χ1) is 19.6. The number of nitrogens with zero attached hydrogens (tertiary/aromatic N) is 5. The van der Waals surface area contributed by atoms with Crippen LogP contribution in [0, 0.1) is 0 Å².